The van der Waals surface area contributed by atoms with Crippen LogP contribution in [0, 0.1) is 5.82 Å². The first-order chi connectivity index (χ1) is 10.0. The first-order valence-corrected chi connectivity index (χ1v) is 7.44. The average molecular weight is 296 g/mol. The van der Waals surface area contributed by atoms with E-state index in [0.717, 1.165) is 18.5 Å². The summed E-state index contributed by atoms with van der Waals surface area (Å²) >= 11 is 0. The number of carbonyl (C=O) groups is 1. The van der Waals surface area contributed by atoms with Gasteiger partial charge >= 0.3 is 0 Å². The van der Waals surface area contributed by atoms with Gasteiger partial charge in [0.1, 0.15) is 0 Å². The van der Waals surface area contributed by atoms with Crippen LogP contribution in [0.2, 0.25) is 0 Å². The molecule has 1 aromatic carbocycles. The second-order valence-corrected chi connectivity index (χ2v) is 5.26. The highest BCUT2D eigenvalue weighted by molar-refractivity contribution is 5.76. The molecular formula is C16H25FN2O2. The molecule has 0 atom stereocenters. The van der Waals surface area contributed by atoms with Gasteiger partial charge in [-0.25, -0.2) is 4.39 Å². The fourth-order valence-electron chi connectivity index (χ4n) is 1.83. The van der Waals surface area contributed by atoms with E-state index < -0.39 is 5.82 Å². The summed E-state index contributed by atoms with van der Waals surface area (Å²) in [7, 11) is 0. The molecule has 0 aliphatic heterocycles. The maximum absolute atomic E-state index is 13.8. The van der Waals surface area contributed by atoms with Crippen LogP contribution in [0.25, 0.3) is 0 Å². The number of hydrogen-bond donors (Lipinski definition) is 2. The number of hydrogen-bond acceptors (Lipinski definition) is 3. The average Bonchev–Trinajstić information content (AvgIpc) is 2.40. The van der Waals surface area contributed by atoms with Crippen LogP contribution in [0.3, 0.4) is 0 Å². The second kappa shape index (κ2) is 9.34. The molecule has 2 N–H and O–H groups in total. The highest BCUT2D eigenvalue weighted by Gasteiger charge is 2.07. The zero-order chi connectivity index (χ0) is 15.7. The van der Waals surface area contributed by atoms with E-state index in [-0.39, 0.29) is 30.7 Å². The molecule has 118 valence electrons. The third-order valence-corrected chi connectivity index (χ3v) is 2.79. The quantitative estimate of drug-likeness (QED) is 0.689. The van der Waals surface area contributed by atoms with E-state index >= 15 is 0 Å². The predicted molar refractivity (Wildman–Crippen MR) is 81.8 cm³/mol. The van der Waals surface area contributed by atoms with E-state index in [1.807, 2.05) is 19.9 Å². The molecular weight excluding hydrogens is 271 g/mol. The van der Waals surface area contributed by atoms with Gasteiger partial charge in [-0.15, -0.1) is 0 Å². The van der Waals surface area contributed by atoms with Gasteiger partial charge in [0.25, 0.3) is 0 Å². The molecule has 0 saturated heterocycles. The molecule has 0 radical (unpaired) electrons. The van der Waals surface area contributed by atoms with Crippen LogP contribution in [0.4, 0.5) is 4.39 Å². The van der Waals surface area contributed by atoms with Gasteiger partial charge < -0.3 is 15.4 Å². The van der Waals surface area contributed by atoms with Crippen LogP contribution < -0.4 is 15.4 Å². The van der Waals surface area contributed by atoms with E-state index in [1.54, 1.807) is 6.07 Å². The van der Waals surface area contributed by atoms with Crippen molar-refractivity contribution in [2.24, 2.45) is 0 Å². The number of benzene rings is 1. The van der Waals surface area contributed by atoms with Crippen molar-refractivity contribution in [2.45, 2.75) is 46.2 Å². The monoisotopic (exact) mass is 296 g/mol. The van der Waals surface area contributed by atoms with Crippen molar-refractivity contribution >= 4 is 5.91 Å². The molecule has 0 bridgehead atoms. The second-order valence-electron chi connectivity index (χ2n) is 5.26. The van der Waals surface area contributed by atoms with Crippen molar-refractivity contribution < 1.29 is 13.9 Å². The molecule has 0 aliphatic carbocycles. The van der Waals surface area contributed by atoms with Crippen LogP contribution >= 0.6 is 0 Å². The first kappa shape index (κ1) is 17.4. The van der Waals surface area contributed by atoms with Crippen molar-refractivity contribution in [3.05, 3.63) is 29.6 Å². The Morgan fingerprint density at radius 1 is 1.38 bits per heavy atom. The van der Waals surface area contributed by atoms with Gasteiger partial charge in [-0.05, 0) is 44.5 Å². The lowest BCUT2D eigenvalue weighted by Crippen LogP contribution is -2.31. The van der Waals surface area contributed by atoms with E-state index in [4.69, 9.17) is 4.74 Å². The Balaban J connectivity index is 2.40. The maximum atomic E-state index is 13.8. The minimum atomic E-state index is -0.393. The van der Waals surface area contributed by atoms with Gasteiger partial charge in [-0.3, -0.25) is 4.79 Å². The first-order valence-electron chi connectivity index (χ1n) is 7.44. The summed E-state index contributed by atoms with van der Waals surface area (Å²) in [5.41, 5.74) is 0.880. The molecule has 0 aliphatic rings. The summed E-state index contributed by atoms with van der Waals surface area (Å²) in [5, 5.41) is 5.97. The minimum absolute atomic E-state index is 0.0919. The largest absolute Gasteiger partial charge is 0.490 e. The van der Waals surface area contributed by atoms with Gasteiger partial charge in [-0.2, -0.15) is 0 Å². The van der Waals surface area contributed by atoms with Crippen LogP contribution in [0.5, 0.6) is 5.75 Å². The van der Waals surface area contributed by atoms with E-state index in [0.29, 0.717) is 6.54 Å². The standard InChI is InChI=1S/C16H25FN2O2/c1-4-8-18-11-13-5-6-15(14(17)10-13)21-9-7-16(20)19-12(2)3/h5-6,10,12,18H,4,7-9,11H2,1-3H3,(H,19,20). The molecule has 21 heavy (non-hydrogen) atoms. The lowest BCUT2D eigenvalue weighted by molar-refractivity contribution is -0.122. The number of halogens is 1. The molecule has 0 spiro atoms. The number of ether oxygens (including phenoxy) is 1. The van der Waals surface area contributed by atoms with E-state index in [1.165, 1.54) is 6.07 Å². The molecule has 1 amide bonds. The number of amides is 1. The Hall–Kier alpha value is -1.62. The fraction of sp³-hybridized carbons (Fsp3) is 0.562. The molecule has 0 fully saturated rings. The van der Waals surface area contributed by atoms with Crippen molar-refractivity contribution in [3.63, 3.8) is 0 Å². The number of rotatable bonds is 9. The van der Waals surface area contributed by atoms with Crippen LogP contribution in [-0.4, -0.2) is 25.1 Å². The van der Waals surface area contributed by atoms with Gasteiger partial charge in [0.05, 0.1) is 13.0 Å². The molecule has 0 unspecified atom stereocenters. The zero-order valence-corrected chi connectivity index (χ0v) is 13.0. The Kier molecular flexibility index (Phi) is 7.75. The molecule has 1 rings (SSSR count). The van der Waals surface area contributed by atoms with E-state index in [2.05, 4.69) is 17.6 Å². The van der Waals surface area contributed by atoms with E-state index in [9.17, 15) is 9.18 Å². The van der Waals surface area contributed by atoms with Gasteiger partial charge in [0.2, 0.25) is 5.91 Å². The number of carbonyl (C=O) groups excluding carboxylic acids is 1. The van der Waals surface area contributed by atoms with Crippen LogP contribution in [0.15, 0.2) is 18.2 Å². The lowest BCUT2D eigenvalue weighted by atomic mass is 10.2. The summed E-state index contributed by atoms with van der Waals surface area (Å²) < 4.78 is 19.2. The molecule has 0 saturated carbocycles. The summed E-state index contributed by atoms with van der Waals surface area (Å²) in [4.78, 5) is 11.4. The minimum Gasteiger partial charge on any atom is -0.490 e. The van der Waals surface area contributed by atoms with Crippen molar-refractivity contribution in [1.82, 2.24) is 10.6 Å². The summed E-state index contributed by atoms with van der Waals surface area (Å²) in [5.74, 6) is -0.299. The Labute approximate surface area is 126 Å². The predicted octanol–water partition coefficient (Wildman–Crippen LogP) is 2.62. The number of nitrogens with one attached hydrogen (secondary N) is 2. The molecule has 5 heteroatoms. The van der Waals surface area contributed by atoms with Crippen molar-refractivity contribution in [2.75, 3.05) is 13.2 Å². The molecule has 0 heterocycles. The van der Waals surface area contributed by atoms with Crippen LogP contribution in [0.1, 0.15) is 39.2 Å². The Bertz CT molecular complexity index is 450. The molecule has 1 aromatic rings. The third-order valence-electron chi connectivity index (χ3n) is 2.79. The normalized spacial score (nSPS) is 10.7. The van der Waals surface area contributed by atoms with Crippen molar-refractivity contribution in [3.8, 4) is 5.75 Å². The maximum Gasteiger partial charge on any atom is 0.223 e. The SMILES string of the molecule is CCCNCc1ccc(OCCC(=O)NC(C)C)c(F)c1. The zero-order valence-electron chi connectivity index (χ0n) is 13.0. The summed E-state index contributed by atoms with van der Waals surface area (Å²) in [6.45, 7) is 7.59. The topological polar surface area (TPSA) is 50.4 Å². The highest BCUT2D eigenvalue weighted by atomic mass is 19.1. The highest BCUT2D eigenvalue weighted by Crippen LogP contribution is 2.18. The summed E-state index contributed by atoms with van der Waals surface area (Å²) in [6.07, 6.45) is 1.26. The third kappa shape index (κ3) is 7.09. The van der Waals surface area contributed by atoms with Gasteiger partial charge in [0.15, 0.2) is 11.6 Å². The van der Waals surface area contributed by atoms with Crippen molar-refractivity contribution in [1.29, 1.82) is 0 Å². The Morgan fingerprint density at radius 2 is 2.14 bits per heavy atom. The molecule has 4 nitrogen and oxygen atoms in total. The van der Waals surface area contributed by atoms with Gasteiger partial charge in [-0.1, -0.05) is 13.0 Å². The lowest BCUT2D eigenvalue weighted by Gasteiger charge is -2.11. The summed E-state index contributed by atoms with van der Waals surface area (Å²) in [6, 6.07) is 5.00. The fourth-order valence-corrected chi connectivity index (χ4v) is 1.83. The Morgan fingerprint density at radius 3 is 2.76 bits per heavy atom. The smallest absolute Gasteiger partial charge is 0.223 e. The van der Waals surface area contributed by atoms with Gasteiger partial charge in [0, 0.05) is 12.6 Å². The molecule has 0 aromatic heterocycles. The van der Waals surface area contributed by atoms with Crippen LogP contribution in [-0.2, 0) is 11.3 Å².